The van der Waals surface area contributed by atoms with E-state index in [1.807, 2.05) is 0 Å². The first-order valence-electron chi connectivity index (χ1n) is 10.7. The zero-order chi connectivity index (χ0) is 20.8. The maximum Gasteiger partial charge on any atom is 0.182 e. The van der Waals surface area contributed by atoms with Crippen molar-refractivity contribution in [1.82, 2.24) is 24.7 Å². The van der Waals surface area contributed by atoms with E-state index in [1.54, 1.807) is 17.3 Å². The summed E-state index contributed by atoms with van der Waals surface area (Å²) in [6, 6.07) is 6.48. The molecule has 0 aliphatic rings. The highest BCUT2D eigenvalue weighted by atomic mass is 15.4. The fourth-order valence-electron chi connectivity index (χ4n) is 3.92. The molecule has 154 valence electrons. The lowest BCUT2D eigenvalue weighted by Crippen LogP contribution is -2.28. The van der Waals surface area contributed by atoms with Gasteiger partial charge in [-0.2, -0.15) is 5.10 Å². The van der Waals surface area contributed by atoms with Crippen LogP contribution in [0.4, 0.5) is 5.69 Å². The van der Waals surface area contributed by atoms with Crippen LogP contribution >= 0.6 is 0 Å². The van der Waals surface area contributed by atoms with E-state index in [9.17, 15) is 0 Å². The molecule has 29 heavy (non-hydrogen) atoms. The van der Waals surface area contributed by atoms with Crippen molar-refractivity contribution in [2.45, 2.75) is 60.3 Å². The first kappa shape index (κ1) is 21.0. The summed E-state index contributed by atoms with van der Waals surface area (Å²) in [4.78, 5) is 16.6. The molecule has 6 nitrogen and oxygen atoms in total. The first-order chi connectivity index (χ1) is 14.1. The first-order valence-corrected chi connectivity index (χ1v) is 10.7. The Hall–Kier alpha value is -2.76. The SMILES string of the molecule is CCCN(CCC)c1c(C)nc(-c2c(CC)cccc2CC)nc1-n1cncn1. The fourth-order valence-corrected chi connectivity index (χ4v) is 3.92. The molecule has 0 amide bonds. The Morgan fingerprint density at radius 3 is 2.10 bits per heavy atom. The second kappa shape index (κ2) is 9.63. The summed E-state index contributed by atoms with van der Waals surface area (Å²) in [5.41, 5.74) is 5.75. The zero-order valence-corrected chi connectivity index (χ0v) is 18.3. The van der Waals surface area contributed by atoms with Crippen LogP contribution in [0.25, 0.3) is 17.2 Å². The Kier molecular flexibility index (Phi) is 6.96. The number of hydrogen-bond donors (Lipinski definition) is 0. The molecule has 2 heterocycles. The highest BCUT2D eigenvalue weighted by Crippen LogP contribution is 2.32. The van der Waals surface area contributed by atoms with Crippen molar-refractivity contribution in [3.8, 4) is 17.2 Å². The van der Waals surface area contributed by atoms with Crippen LogP contribution in [0.2, 0.25) is 0 Å². The van der Waals surface area contributed by atoms with Crippen molar-refractivity contribution in [2.75, 3.05) is 18.0 Å². The molecule has 0 N–H and O–H groups in total. The van der Waals surface area contributed by atoms with E-state index < -0.39 is 0 Å². The molecular weight excluding hydrogens is 360 g/mol. The molecule has 0 saturated carbocycles. The molecule has 0 radical (unpaired) electrons. The van der Waals surface area contributed by atoms with Crippen LogP contribution in [-0.2, 0) is 12.8 Å². The molecule has 0 aliphatic carbocycles. The lowest BCUT2D eigenvalue weighted by molar-refractivity contribution is 0.724. The molecule has 0 bridgehead atoms. The van der Waals surface area contributed by atoms with Crippen LogP contribution in [0.5, 0.6) is 0 Å². The van der Waals surface area contributed by atoms with Gasteiger partial charge in [0.15, 0.2) is 11.6 Å². The predicted octanol–water partition coefficient (Wildman–Crippen LogP) is 4.78. The van der Waals surface area contributed by atoms with Gasteiger partial charge in [-0.1, -0.05) is 45.9 Å². The highest BCUT2D eigenvalue weighted by Gasteiger charge is 2.21. The number of anilines is 1. The molecule has 0 saturated heterocycles. The number of benzene rings is 1. The Bertz CT molecular complexity index is 905. The van der Waals surface area contributed by atoms with Gasteiger partial charge in [-0.3, -0.25) is 0 Å². The minimum absolute atomic E-state index is 0.777. The van der Waals surface area contributed by atoms with Gasteiger partial charge in [0.1, 0.15) is 18.3 Å². The van der Waals surface area contributed by atoms with Gasteiger partial charge in [0, 0.05) is 18.7 Å². The van der Waals surface area contributed by atoms with E-state index in [4.69, 9.17) is 9.97 Å². The van der Waals surface area contributed by atoms with Crippen LogP contribution < -0.4 is 4.90 Å². The van der Waals surface area contributed by atoms with E-state index in [2.05, 4.69) is 67.8 Å². The summed E-state index contributed by atoms with van der Waals surface area (Å²) in [7, 11) is 0. The topological polar surface area (TPSA) is 59.7 Å². The number of aryl methyl sites for hydroxylation is 3. The average molecular weight is 393 g/mol. The largest absolute Gasteiger partial charge is 0.367 e. The smallest absolute Gasteiger partial charge is 0.182 e. The summed E-state index contributed by atoms with van der Waals surface area (Å²) in [6.07, 6.45) is 7.31. The third-order valence-corrected chi connectivity index (χ3v) is 5.20. The second-order valence-electron chi connectivity index (χ2n) is 7.29. The quantitative estimate of drug-likeness (QED) is 0.524. The van der Waals surface area contributed by atoms with Crippen molar-refractivity contribution >= 4 is 5.69 Å². The van der Waals surface area contributed by atoms with Crippen LogP contribution in [0.1, 0.15) is 57.4 Å². The normalized spacial score (nSPS) is 11.1. The summed E-state index contributed by atoms with van der Waals surface area (Å²) < 4.78 is 1.77. The fraction of sp³-hybridized carbons (Fsp3) is 0.478. The van der Waals surface area contributed by atoms with E-state index in [0.717, 1.165) is 67.4 Å². The Morgan fingerprint density at radius 1 is 0.931 bits per heavy atom. The van der Waals surface area contributed by atoms with Crippen molar-refractivity contribution in [2.24, 2.45) is 0 Å². The lowest BCUT2D eigenvalue weighted by Gasteiger charge is -2.27. The maximum absolute atomic E-state index is 5.06. The molecule has 3 aromatic rings. The average Bonchev–Trinajstić information content (AvgIpc) is 3.27. The van der Waals surface area contributed by atoms with Crippen LogP contribution in [0.3, 0.4) is 0 Å². The van der Waals surface area contributed by atoms with Crippen LogP contribution in [0.15, 0.2) is 30.9 Å². The third-order valence-electron chi connectivity index (χ3n) is 5.20. The van der Waals surface area contributed by atoms with E-state index in [1.165, 1.54) is 11.1 Å². The van der Waals surface area contributed by atoms with E-state index in [0.29, 0.717) is 0 Å². The van der Waals surface area contributed by atoms with Crippen molar-refractivity contribution in [1.29, 1.82) is 0 Å². The van der Waals surface area contributed by atoms with Gasteiger partial charge in [0.05, 0.1) is 5.69 Å². The van der Waals surface area contributed by atoms with Gasteiger partial charge in [-0.25, -0.2) is 19.6 Å². The number of aromatic nitrogens is 5. The second-order valence-corrected chi connectivity index (χ2v) is 7.29. The predicted molar refractivity (Wildman–Crippen MR) is 119 cm³/mol. The lowest BCUT2D eigenvalue weighted by atomic mass is 9.97. The Balaban J connectivity index is 2.26. The third kappa shape index (κ3) is 4.31. The molecule has 2 aromatic heterocycles. The van der Waals surface area contributed by atoms with E-state index >= 15 is 0 Å². The molecule has 0 unspecified atom stereocenters. The number of rotatable bonds is 9. The minimum Gasteiger partial charge on any atom is -0.367 e. The van der Waals surface area contributed by atoms with Gasteiger partial charge in [-0.05, 0) is 43.7 Å². The van der Waals surface area contributed by atoms with Crippen molar-refractivity contribution < 1.29 is 0 Å². The molecule has 6 heteroatoms. The molecule has 0 spiro atoms. The molecular formula is C23H32N6. The molecule has 0 atom stereocenters. The van der Waals surface area contributed by atoms with Crippen LogP contribution in [-0.4, -0.2) is 37.8 Å². The van der Waals surface area contributed by atoms with Crippen LogP contribution in [0, 0.1) is 6.92 Å². The summed E-state index contributed by atoms with van der Waals surface area (Å²) in [6.45, 7) is 12.8. The van der Waals surface area contributed by atoms with Gasteiger partial charge >= 0.3 is 0 Å². The van der Waals surface area contributed by atoms with Crippen molar-refractivity contribution in [3.05, 3.63) is 47.7 Å². The van der Waals surface area contributed by atoms with Gasteiger partial charge in [-0.15, -0.1) is 0 Å². The Morgan fingerprint density at radius 2 is 1.59 bits per heavy atom. The number of hydrogen-bond acceptors (Lipinski definition) is 5. The summed E-state index contributed by atoms with van der Waals surface area (Å²) in [5, 5.41) is 4.40. The summed E-state index contributed by atoms with van der Waals surface area (Å²) in [5.74, 6) is 1.58. The minimum atomic E-state index is 0.777. The number of nitrogens with zero attached hydrogens (tertiary/aromatic N) is 6. The molecule has 3 rings (SSSR count). The zero-order valence-electron chi connectivity index (χ0n) is 18.3. The molecule has 0 fully saturated rings. The van der Waals surface area contributed by atoms with E-state index in [-0.39, 0.29) is 0 Å². The van der Waals surface area contributed by atoms with Crippen molar-refractivity contribution in [3.63, 3.8) is 0 Å². The Labute approximate surface area is 174 Å². The standard InChI is InChI=1S/C23H32N6/c1-6-13-28(14-7-2)21-17(5)26-22(27-23(21)29-16-24-15-25-29)20-18(8-3)11-10-12-19(20)9-4/h10-12,15-16H,6-9,13-14H2,1-5H3. The monoisotopic (exact) mass is 392 g/mol. The molecule has 0 aliphatic heterocycles. The van der Waals surface area contributed by atoms with Gasteiger partial charge in [0.25, 0.3) is 0 Å². The highest BCUT2D eigenvalue weighted by molar-refractivity contribution is 5.70. The maximum atomic E-state index is 5.06. The van der Waals surface area contributed by atoms with Gasteiger partial charge in [0.2, 0.25) is 0 Å². The summed E-state index contributed by atoms with van der Waals surface area (Å²) >= 11 is 0. The van der Waals surface area contributed by atoms with Gasteiger partial charge < -0.3 is 4.90 Å². The molecule has 1 aromatic carbocycles.